The fourth-order valence-electron chi connectivity index (χ4n) is 1.93. The lowest BCUT2D eigenvalue weighted by Crippen LogP contribution is -2.31. The molecule has 0 amide bonds. The van der Waals surface area contributed by atoms with Crippen LogP contribution in [0, 0.1) is 6.92 Å². The van der Waals surface area contributed by atoms with E-state index >= 15 is 0 Å². The Hall–Kier alpha value is -1.16. The molecule has 1 atom stereocenters. The van der Waals surface area contributed by atoms with Crippen LogP contribution in [-0.2, 0) is 0 Å². The molecular weight excluding hydrogens is 188 g/mol. The molecule has 0 aromatic carbocycles. The highest BCUT2D eigenvalue weighted by Crippen LogP contribution is 2.14. The van der Waals surface area contributed by atoms with Crippen molar-refractivity contribution >= 4 is 5.95 Å². The van der Waals surface area contributed by atoms with E-state index in [1.807, 2.05) is 19.3 Å². The fraction of sp³-hybridized carbons (Fsp3) is 0.636. The third-order valence-electron chi connectivity index (χ3n) is 2.95. The topological polar surface area (TPSA) is 41.1 Å². The summed E-state index contributed by atoms with van der Waals surface area (Å²) in [6.45, 7) is 4.15. The van der Waals surface area contributed by atoms with Gasteiger partial charge in [0.1, 0.15) is 0 Å². The normalized spacial score (nSPS) is 21.9. The molecule has 1 saturated heterocycles. The average molecular weight is 206 g/mol. The van der Waals surface area contributed by atoms with Gasteiger partial charge in [-0.3, -0.25) is 0 Å². The number of nitrogens with one attached hydrogen (secondary N) is 1. The molecule has 1 aliphatic rings. The summed E-state index contributed by atoms with van der Waals surface area (Å²) < 4.78 is 0. The lowest BCUT2D eigenvalue weighted by molar-refractivity contribution is 0.322. The Morgan fingerprint density at radius 1 is 1.47 bits per heavy atom. The van der Waals surface area contributed by atoms with Crippen LogP contribution in [0.2, 0.25) is 0 Å². The second kappa shape index (κ2) is 4.57. The summed E-state index contributed by atoms with van der Waals surface area (Å²) in [7, 11) is 2.18. The van der Waals surface area contributed by atoms with Crippen LogP contribution in [0.3, 0.4) is 0 Å². The van der Waals surface area contributed by atoms with E-state index in [0.717, 1.165) is 18.1 Å². The van der Waals surface area contributed by atoms with Crippen molar-refractivity contribution in [2.45, 2.75) is 25.8 Å². The largest absolute Gasteiger partial charge is 0.353 e. The van der Waals surface area contributed by atoms with E-state index in [1.165, 1.54) is 19.4 Å². The van der Waals surface area contributed by atoms with Gasteiger partial charge in [-0.1, -0.05) is 0 Å². The van der Waals surface area contributed by atoms with Gasteiger partial charge >= 0.3 is 0 Å². The van der Waals surface area contributed by atoms with Crippen LogP contribution in [0.5, 0.6) is 0 Å². The first-order chi connectivity index (χ1) is 7.25. The van der Waals surface area contributed by atoms with Gasteiger partial charge in [0.2, 0.25) is 5.95 Å². The zero-order valence-corrected chi connectivity index (χ0v) is 9.40. The van der Waals surface area contributed by atoms with Crippen molar-refractivity contribution in [2.24, 2.45) is 0 Å². The van der Waals surface area contributed by atoms with Gasteiger partial charge in [-0.2, -0.15) is 0 Å². The third kappa shape index (κ3) is 2.65. The molecule has 4 nitrogen and oxygen atoms in total. The van der Waals surface area contributed by atoms with E-state index in [2.05, 4.69) is 27.2 Å². The van der Waals surface area contributed by atoms with Crippen molar-refractivity contribution in [3.63, 3.8) is 0 Å². The minimum atomic E-state index is 0.634. The highest BCUT2D eigenvalue weighted by Gasteiger charge is 2.20. The van der Waals surface area contributed by atoms with Crippen LogP contribution in [0.25, 0.3) is 0 Å². The van der Waals surface area contributed by atoms with Gasteiger partial charge in [-0.05, 0) is 38.9 Å². The highest BCUT2D eigenvalue weighted by atomic mass is 15.2. The second-order valence-electron chi connectivity index (χ2n) is 4.24. The first-order valence-corrected chi connectivity index (χ1v) is 5.48. The third-order valence-corrected chi connectivity index (χ3v) is 2.95. The summed E-state index contributed by atoms with van der Waals surface area (Å²) in [6.07, 6.45) is 6.26. The van der Waals surface area contributed by atoms with Crippen LogP contribution in [0.4, 0.5) is 5.95 Å². The molecule has 1 N–H and O–H groups in total. The van der Waals surface area contributed by atoms with Gasteiger partial charge in [0.25, 0.3) is 0 Å². The van der Waals surface area contributed by atoms with Crippen LogP contribution >= 0.6 is 0 Å². The van der Waals surface area contributed by atoms with E-state index in [1.54, 1.807) is 0 Å². The van der Waals surface area contributed by atoms with Crippen molar-refractivity contribution in [2.75, 3.05) is 25.5 Å². The number of aryl methyl sites for hydroxylation is 1. The van der Waals surface area contributed by atoms with Crippen molar-refractivity contribution in [3.05, 3.63) is 18.0 Å². The molecule has 1 aliphatic heterocycles. The molecule has 4 heteroatoms. The van der Waals surface area contributed by atoms with Crippen LogP contribution in [0.1, 0.15) is 18.4 Å². The summed E-state index contributed by atoms with van der Waals surface area (Å²) in [6, 6.07) is 0.634. The minimum absolute atomic E-state index is 0.634. The number of hydrogen-bond acceptors (Lipinski definition) is 4. The summed E-state index contributed by atoms with van der Waals surface area (Å²) in [4.78, 5) is 10.8. The number of aromatic nitrogens is 2. The Morgan fingerprint density at radius 2 is 2.20 bits per heavy atom. The molecule has 15 heavy (non-hydrogen) atoms. The second-order valence-corrected chi connectivity index (χ2v) is 4.24. The maximum absolute atomic E-state index is 4.22. The molecule has 82 valence electrons. The lowest BCUT2D eigenvalue weighted by atomic mass is 10.2. The van der Waals surface area contributed by atoms with Crippen LogP contribution in [0.15, 0.2) is 12.4 Å². The Labute approximate surface area is 90.7 Å². The smallest absolute Gasteiger partial charge is 0.222 e. The van der Waals surface area contributed by atoms with Gasteiger partial charge in [0.15, 0.2) is 0 Å². The van der Waals surface area contributed by atoms with Crippen molar-refractivity contribution in [1.29, 1.82) is 0 Å². The highest BCUT2D eigenvalue weighted by molar-refractivity contribution is 5.24. The number of likely N-dealkylation sites (tertiary alicyclic amines) is 1. The predicted octanol–water partition coefficient (Wildman–Crippen LogP) is 1.29. The van der Waals surface area contributed by atoms with Gasteiger partial charge in [0, 0.05) is 25.0 Å². The molecule has 0 saturated carbocycles. The van der Waals surface area contributed by atoms with Crippen LogP contribution < -0.4 is 5.32 Å². The first-order valence-electron chi connectivity index (χ1n) is 5.48. The van der Waals surface area contributed by atoms with E-state index < -0.39 is 0 Å². The Balaban J connectivity index is 1.85. The number of nitrogens with zero attached hydrogens (tertiary/aromatic N) is 3. The quantitative estimate of drug-likeness (QED) is 0.809. The number of anilines is 1. The van der Waals surface area contributed by atoms with Gasteiger partial charge < -0.3 is 10.2 Å². The first kappa shape index (κ1) is 10.4. The standard InChI is InChI=1S/C11H18N4/c1-9-6-12-11(13-7-9)14-8-10-4-3-5-15(10)2/h6-7,10H,3-5,8H2,1-2H3,(H,12,13,14). The van der Waals surface area contributed by atoms with Gasteiger partial charge in [-0.15, -0.1) is 0 Å². The number of hydrogen-bond donors (Lipinski definition) is 1. The molecule has 0 radical (unpaired) electrons. The maximum atomic E-state index is 4.22. The number of rotatable bonds is 3. The molecule has 1 aromatic heterocycles. The van der Waals surface area contributed by atoms with E-state index in [9.17, 15) is 0 Å². The summed E-state index contributed by atoms with van der Waals surface area (Å²) in [5.41, 5.74) is 1.10. The molecule has 1 fully saturated rings. The Kier molecular flexibility index (Phi) is 3.16. The fourth-order valence-corrected chi connectivity index (χ4v) is 1.93. The van der Waals surface area contributed by atoms with Gasteiger partial charge in [-0.25, -0.2) is 9.97 Å². The number of likely N-dealkylation sites (N-methyl/N-ethyl adjacent to an activating group) is 1. The summed E-state index contributed by atoms with van der Waals surface area (Å²) >= 11 is 0. The van der Waals surface area contributed by atoms with Crippen molar-refractivity contribution in [3.8, 4) is 0 Å². The monoisotopic (exact) mass is 206 g/mol. The van der Waals surface area contributed by atoms with Gasteiger partial charge in [0.05, 0.1) is 0 Å². The minimum Gasteiger partial charge on any atom is -0.353 e. The zero-order chi connectivity index (χ0) is 10.7. The SMILES string of the molecule is Cc1cnc(NCC2CCCN2C)nc1. The molecule has 2 rings (SSSR count). The maximum Gasteiger partial charge on any atom is 0.222 e. The molecule has 2 heterocycles. The Bertz CT molecular complexity index is 309. The summed E-state index contributed by atoms with van der Waals surface area (Å²) in [5.74, 6) is 0.737. The predicted molar refractivity (Wildman–Crippen MR) is 60.9 cm³/mol. The summed E-state index contributed by atoms with van der Waals surface area (Å²) in [5, 5.41) is 3.28. The molecule has 1 unspecified atom stereocenters. The molecular formula is C11H18N4. The molecule has 1 aromatic rings. The lowest BCUT2D eigenvalue weighted by Gasteiger charge is -2.19. The average Bonchev–Trinajstić information content (AvgIpc) is 2.63. The van der Waals surface area contributed by atoms with Crippen molar-refractivity contribution < 1.29 is 0 Å². The molecule has 0 spiro atoms. The van der Waals surface area contributed by atoms with Crippen molar-refractivity contribution in [1.82, 2.24) is 14.9 Å². The van der Waals surface area contributed by atoms with E-state index in [-0.39, 0.29) is 0 Å². The van der Waals surface area contributed by atoms with E-state index in [4.69, 9.17) is 0 Å². The van der Waals surface area contributed by atoms with E-state index in [0.29, 0.717) is 6.04 Å². The zero-order valence-electron chi connectivity index (χ0n) is 9.40. The van der Waals surface area contributed by atoms with Crippen LogP contribution in [-0.4, -0.2) is 41.0 Å². The Morgan fingerprint density at radius 3 is 2.80 bits per heavy atom. The molecule has 0 aliphatic carbocycles. The molecule has 0 bridgehead atoms.